The lowest BCUT2D eigenvalue weighted by atomic mass is 10.0. The van der Waals surface area contributed by atoms with Crippen LogP contribution in [0.4, 0.5) is 0 Å². The third-order valence-electron chi connectivity index (χ3n) is 3.83. The third kappa shape index (κ3) is 3.67. The molecule has 0 aromatic heterocycles. The summed E-state index contributed by atoms with van der Waals surface area (Å²) in [6, 6.07) is 6.71. The molecule has 2 rings (SSSR count). The molecule has 0 spiro atoms. The zero-order valence-corrected chi connectivity index (χ0v) is 11.5. The normalized spacial score (nSPS) is 17.1. The van der Waals surface area contributed by atoms with Crippen LogP contribution in [0.2, 0.25) is 0 Å². The molecule has 1 aliphatic heterocycles. The Morgan fingerprint density at radius 2 is 1.89 bits per heavy atom. The molecule has 0 atom stereocenters. The van der Waals surface area contributed by atoms with Gasteiger partial charge in [-0.1, -0.05) is 23.8 Å². The molecule has 18 heavy (non-hydrogen) atoms. The van der Waals surface area contributed by atoms with Gasteiger partial charge in [0.25, 0.3) is 0 Å². The van der Waals surface area contributed by atoms with Crippen molar-refractivity contribution in [2.45, 2.75) is 39.5 Å². The second kappa shape index (κ2) is 6.14. The first kappa shape index (κ1) is 13.3. The van der Waals surface area contributed by atoms with Gasteiger partial charge in [0.1, 0.15) is 5.78 Å². The highest BCUT2D eigenvalue weighted by molar-refractivity contribution is 5.79. The van der Waals surface area contributed by atoms with Gasteiger partial charge in [-0.15, -0.1) is 0 Å². The first-order valence-corrected chi connectivity index (χ1v) is 6.95. The maximum Gasteiger partial charge on any atom is 0.135 e. The van der Waals surface area contributed by atoms with E-state index in [0.29, 0.717) is 5.78 Å². The standard InChI is InChI=1S/C16H23NO/c1-13-5-6-15(14(2)12-13)4-3-9-17-10-7-16(18)8-11-17/h5-6,12H,3-4,7-11H2,1-2H3. The van der Waals surface area contributed by atoms with E-state index in [4.69, 9.17) is 0 Å². The Kier molecular flexibility index (Phi) is 4.54. The molecule has 2 nitrogen and oxygen atoms in total. The highest BCUT2D eigenvalue weighted by Gasteiger charge is 2.15. The molecule has 1 aromatic carbocycles. The zero-order chi connectivity index (χ0) is 13.0. The molecule has 0 radical (unpaired) electrons. The van der Waals surface area contributed by atoms with Crippen molar-refractivity contribution in [2.24, 2.45) is 0 Å². The van der Waals surface area contributed by atoms with Gasteiger partial charge in [-0.25, -0.2) is 0 Å². The largest absolute Gasteiger partial charge is 0.302 e. The fourth-order valence-corrected chi connectivity index (χ4v) is 2.65. The number of hydrogen-bond acceptors (Lipinski definition) is 2. The Bertz CT molecular complexity index is 415. The monoisotopic (exact) mass is 245 g/mol. The molecule has 1 aliphatic rings. The van der Waals surface area contributed by atoms with Gasteiger partial charge < -0.3 is 4.90 Å². The highest BCUT2D eigenvalue weighted by atomic mass is 16.1. The van der Waals surface area contributed by atoms with Crippen LogP contribution in [0.15, 0.2) is 18.2 Å². The van der Waals surface area contributed by atoms with Gasteiger partial charge in [0.15, 0.2) is 0 Å². The Morgan fingerprint density at radius 3 is 2.56 bits per heavy atom. The van der Waals surface area contributed by atoms with E-state index >= 15 is 0 Å². The minimum atomic E-state index is 0.431. The van der Waals surface area contributed by atoms with Crippen LogP contribution < -0.4 is 0 Å². The van der Waals surface area contributed by atoms with E-state index in [9.17, 15) is 4.79 Å². The Balaban J connectivity index is 1.76. The lowest BCUT2D eigenvalue weighted by Gasteiger charge is -2.25. The highest BCUT2D eigenvalue weighted by Crippen LogP contribution is 2.13. The van der Waals surface area contributed by atoms with Gasteiger partial charge in [0.05, 0.1) is 0 Å². The maximum absolute atomic E-state index is 11.2. The summed E-state index contributed by atoms with van der Waals surface area (Å²) in [6.45, 7) is 7.39. The molecule has 2 heteroatoms. The van der Waals surface area contributed by atoms with Crippen molar-refractivity contribution in [3.63, 3.8) is 0 Å². The maximum atomic E-state index is 11.2. The number of Topliss-reactive ketones (excluding diaryl/α,β-unsaturated/α-hetero) is 1. The third-order valence-corrected chi connectivity index (χ3v) is 3.83. The van der Waals surface area contributed by atoms with E-state index in [1.807, 2.05) is 0 Å². The molecule has 0 bridgehead atoms. The molecule has 0 amide bonds. The van der Waals surface area contributed by atoms with Crippen molar-refractivity contribution < 1.29 is 4.79 Å². The predicted octanol–water partition coefficient (Wildman–Crippen LogP) is 2.90. The second-order valence-corrected chi connectivity index (χ2v) is 5.41. The van der Waals surface area contributed by atoms with Crippen LogP contribution in [0, 0.1) is 13.8 Å². The SMILES string of the molecule is Cc1ccc(CCCN2CCC(=O)CC2)c(C)c1. The molecule has 1 fully saturated rings. The van der Waals surface area contributed by atoms with Gasteiger partial charge in [-0.05, 0) is 44.4 Å². The lowest BCUT2D eigenvalue weighted by molar-refractivity contribution is -0.121. The molecule has 0 aliphatic carbocycles. The molecule has 98 valence electrons. The van der Waals surface area contributed by atoms with Gasteiger partial charge in [0.2, 0.25) is 0 Å². The predicted molar refractivity (Wildman–Crippen MR) is 74.9 cm³/mol. The minimum Gasteiger partial charge on any atom is -0.302 e. The number of benzene rings is 1. The Labute approximate surface area is 110 Å². The topological polar surface area (TPSA) is 20.3 Å². The van der Waals surface area contributed by atoms with Crippen molar-refractivity contribution in [1.29, 1.82) is 0 Å². The summed E-state index contributed by atoms with van der Waals surface area (Å²) in [6.07, 6.45) is 3.85. The average Bonchev–Trinajstić information content (AvgIpc) is 2.34. The molecule has 1 aromatic rings. The van der Waals surface area contributed by atoms with Gasteiger partial charge in [-0.2, -0.15) is 0 Å². The summed E-state index contributed by atoms with van der Waals surface area (Å²) in [5.74, 6) is 0.431. The molecular weight excluding hydrogens is 222 g/mol. The minimum absolute atomic E-state index is 0.431. The zero-order valence-electron chi connectivity index (χ0n) is 11.5. The van der Waals surface area contributed by atoms with Crippen LogP contribution in [-0.4, -0.2) is 30.3 Å². The Morgan fingerprint density at radius 1 is 1.17 bits per heavy atom. The van der Waals surface area contributed by atoms with E-state index in [1.165, 1.54) is 23.1 Å². The molecule has 0 saturated carbocycles. The summed E-state index contributed by atoms with van der Waals surface area (Å²) in [5.41, 5.74) is 4.21. The molecule has 0 unspecified atom stereocenters. The van der Waals surface area contributed by atoms with E-state index < -0.39 is 0 Å². The first-order valence-electron chi connectivity index (χ1n) is 6.95. The van der Waals surface area contributed by atoms with Crippen LogP contribution in [-0.2, 0) is 11.2 Å². The molecule has 1 saturated heterocycles. The van der Waals surface area contributed by atoms with E-state index in [0.717, 1.165) is 38.9 Å². The summed E-state index contributed by atoms with van der Waals surface area (Å²) < 4.78 is 0. The van der Waals surface area contributed by atoms with Crippen LogP contribution >= 0.6 is 0 Å². The van der Waals surface area contributed by atoms with Crippen molar-refractivity contribution in [3.05, 3.63) is 34.9 Å². The number of hydrogen-bond donors (Lipinski definition) is 0. The lowest BCUT2D eigenvalue weighted by Crippen LogP contribution is -2.34. The number of rotatable bonds is 4. The first-order chi connectivity index (χ1) is 8.65. The number of nitrogens with zero attached hydrogens (tertiary/aromatic N) is 1. The number of carbonyl (C=O) groups is 1. The fourth-order valence-electron chi connectivity index (χ4n) is 2.65. The van der Waals surface area contributed by atoms with Crippen LogP contribution in [0.1, 0.15) is 36.0 Å². The van der Waals surface area contributed by atoms with Crippen molar-refractivity contribution >= 4 is 5.78 Å². The quantitative estimate of drug-likeness (QED) is 0.813. The number of likely N-dealkylation sites (tertiary alicyclic amines) is 1. The van der Waals surface area contributed by atoms with E-state index in [1.54, 1.807) is 0 Å². The summed E-state index contributed by atoms with van der Waals surface area (Å²) in [4.78, 5) is 13.6. The van der Waals surface area contributed by atoms with E-state index in [-0.39, 0.29) is 0 Å². The van der Waals surface area contributed by atoms with Crippen molar-refractivity contribution in [2.75, 3.05) is 19.6 Å². The number of carbonyl (C=O) groups excluding carboxylic acids is 1. The molecular formula is C16H23NO. The number of ketones is 1. The molecule has 0 N–H and O–H groups in total. The average molecular weight is 245 g/mol. The summed E-state index contributed by atoms with van der Waals surface area (Å²) >= 11 is 0. The van der Waals surface area contributed by atoms with Crippen LogP contribution in [0.5, 0.6) is 0 Å². The molecule has 1 heterocycles. The van der Waals surface area contributed by atoms with Gasteiger partial charge >= 0.3 is 0 Å². The summed E-state index contributed by atoms with van der Waals surface area (Å²) in [7, 11) is 0. The fraction of sp³-hybridized carbons (Fsp3) is 0.562. The van der Waals surface area contributed by atoms with Gasteiger partial charge in [-0.3, -0.25) is 4.79 Å². The van der Waals surface area contributed by atoms with Crippen molar-refractivity contribution in [1.82, 2.24) is 4.90 Å². The van der Waals surface area contributed by atoms with Crippen molar-refractivity contribution in [3.8, 4) is 0 Å². The second-order valence-electron chi connectivity index (χ2n) is 5.41. The number of aryl methyl sites for hydroxylation is 3. The van der Waals surface area contributed by atoms with Crippen LogP contribution in [0.3, 0.4) is 0 Å². The van der Waals surface area contributed by atoms with Gasteiger partial charge in [0, 0.05) is 25.9 Å². The van der Waals surface area contributed by atoms with Crippen LogP contribution in [0.25, 0.3) is 0 Å². The Hall–Kier alpha value is -1.15. The summed E-state index contributed by atoms with van der Waals surface area (Å²) in [5, 5.41) is 0. The van der Waals surface area contributed by atoms with E-state index in [2.05, 4.69) is 36.9 Å². The number of piperidine rings is 1. The smallest absolute Gasteiger partial charge is 0.135 e.